The second-order valence-electron chi connectivity index (χ2n) is 3.43. The maximum Gasteiger partial charge on any atom is 0.124 e. The van der Waals surface area contributed by atoms with Gasteiger partial charge in [-0.05, 0) is 40.8 Å². The molecule has 0 spiro atoms. The molecule has 0 aliphatic carbocycles. The Balaban J connectivity index is 2.29. The molecule has 0 aliphatic heterocycles. The summed E-state index contributed by atoms with van der Waals surface area (Å²) >= 11 is 2.23. The Morgan fingerprint density at radius 2 is 2.31 bits per heavy atom. The van der Waals surface area contributed by atoms with Gasteiger partial charge in [-0.2, -0.15) is 5.10 Å². The molecule has 2 aromatic rings. The van der Waals surface area contributed by atoms with E-state index in [0.29, 0.717) is 6.54 Å². The van der Waals surface area contributed by atoms with E-state index >= 15 is 0 Å². The highest BCUT2D eigenvalue weighted by Crippen LogP contribution is 2.22. The van der Waals surface area contributed by atoms with Crippen molar-refractivity contribution in [1.29, 1.82) is 0 Å². The summed E-state index contributed by atoms with van der Waals surface area (Å²) in [5, 5.41) is 4.23. The zero-order chi connectivity index (χ0) is 11.5. The molecule has 0 aliphatic rings. The SMILES string of the molecule is COc1ccc(N)cc1Cn1cc(I)cn1. The zero-order valence-electron chi connectivity index (χ0n) is 8.85. The minimum atomic E-state index is 0.664. The van der Waals surface area contributed by atoms with Crippen molar-refractivity contribution in [1.82, 2.24) is 9.78 Å². The fraction of sp³-hybridized carbons (Fsp3) is 0.182. The Hall–Kier alpha value is -1.24. The molecule has 0 saturated carbocycles. The number of halogens is 1. The molecule has 84 valence electrons. The summed E-state index contributed by atoms with van der Waals surface area (Å²) in [7, 11) is 1.65. The van der Waals surface area contributed by atoms with Gasteiger partial charge < -0.3 is 10.5 Å². The predicted molar refractivity (Wildman–Crippen MR) is 71.5 cm³/mol. The molecule has 0 amide bonds. The molecule has 0 fully saturated rings. The fourth-order valence-electron chi connectivity index (χ4n) is 1.52. The van der Waals surface area contributed by atoms with Crippen LogP contribution in [0.25, 0.3) is 0 Å². The van der Waals surface area contributed by atoms with Crippen LogP contribution >= 0.6 is 22.6 Å². The zero-order valence-corrected chi connectivity index (χ0v) is 11.0. The number of nitrogen functional groups attached to an aromatic ring is 1. The molecular weight excluding hydrogens is 317 g/mol. The Morgan fingerprint density at radius 1 is 1.50 bits per heavy atom. The predicted octanol–water partition coefficient (Wildman–Crippen LogP) is 2.13. The van der Waals surface area contributed by atoms with Crippen LogP contribution in [0, 0.1) is 3.57 Å². The molecule has 2 rings (SSSR count). The second kappa shape index (κ2) is 4.73. The van der Waals surface area contributed by atoms with Crippen LogP contribution in [0.2, 0.25) is 0 Å². The van der Waals surface area contributed by atoms with Crippen LogP contribution < -0.4 is 10.5 Å². The molecule has 4 nitrogen and oxygen atoms in total. The molecule has 0 unspecified atom stereocenters. The molecule has 16 heavy (non-hydrogen) atoms. The number of anilines is 1. The summed E-state index contributed by atoms with van der Waals surface area (Å²) in [5.41, 5.74) is 7.52. The van der Waals surface area contributed by atoms with Gasteiger partial charge in [-0.25, -0.2) is 0 Å². The fourth-order valence-corrected chi connectivity index (χ4v) is 1.97. The average molecular weight is 329 g/mol. The molecule has 1 heterocycles. The Bertz CT molecular complexity index is 496. The number of nitrogens with two attached hydrogens (primary N) is 1. The Morgan fingerprint density at radius 3 is 2.94 bits per heavy atom. The first kappa shape index (κ1) is 11.3. The number of hydrogen-bond acceptors (Lipinski definition) is 3. The van der Waals surface area contributed by atoms with Gasteiger partial charge in [-0.1, -0.05) is 0 Å². The standard InChI is InChI=1S/C11H12IN3O/c1-16-11-3-2-10(13)4-8(11)6-15-7-9(12)5-14-15/h2-5,7H,6,13H2,1H3. The molecule has 2 N–H and O–H groups in total. The molecule has 0 radical (unpaired) electrons. The van der Waals surface area contributed by atoms with E-state index in [1.807, 2.05) is 35.3 Å². The molecule has 5 heteroatoms. The van der Waals surface area contributed by atoms with E-state index in [1.165, 1.54) is 0 Å². The van der Waals surface area contributed by atoms with E-state index < -0.39 is 0 Å². The summed E-state index contributed by atoms with van der Waals surface area (Å²) in [6.45, 7) is 0.664. The lowest BCUT2D eigenvalue weighted by Crippen LogP contribution is -2.03. The smallest absolute Gasteiger partial charge is 0.124 e. The van der Waals surface area contributed by atoms with Gasteiger partial charge in [0.2, 0.25) is 0 Å². The number of ether oxygens (including phenoxy) is 1. The molecule has 0 saturated heterocycles. The monoisotopic (exact) mass is 329 g/mol. The van der Waals surface area contributed by atoms with E-state index in [0.717, 1.165) is 20.6 Å². The highest BCUT2D eigenvalue weighted by Gasteiger charge is 2.05. The normalized spacial score (nSPS) is 10.4. The molecule has 0 atom stereocenters. The van der Waals surface area contributed by atoms with Crippen molar-refractivity contribution < 1.29 is 4.74 Å². The third-order valence-corrected chi connectivity index (χ3v) is 2.80. The van der Waals surface area contributed by atoms with Crippen LogP contribution in [0.4, 0.5) is 5.69 Å². The van der Waals surface area contributed by atoms with Crippen LogP contribution in [0.1, 0.15) is 5.56 Å². The van der Waals surface area contributed by atoms with Crippen LogP contribution in [0.3, 0.4) is 0 Å². The van der Waals surface area contributed by atoms with Crippen LogP contribution in [-0.2, 0) is 6.54 Å². The van der Waals surface area contributed by atoms with Gasteiger partial charge >= 0.3 is 0 Å². The molecule has 0 bridgehead atoms. The van der Waals surface area contributed by atoms with Crippen molar-refractivity contribution in [2.75, 3.05) is 12.8 Å². The maximum absolute atomic E-state index is 5.75. The lowest BCUT2D eigenvalue weighted by Gasteiger charge is -2.09. The second-order valence-corrected chi connectivity index (χ2v) is 4.67. The van der Waals surface area contributed by atoms with Gasteiger partial charge in [0.05, 0.1) is 23.4 Å². The number of rotatable bonds is 3. The first-order valence-electron chi connectivity index (χ1n) is 4.79. The first-order valence-corrected chi connectivity index (χ1v) is 5.87. The quantitative estimate of drug-likeness (QED) is 0.693. The van der Waals surface area contributed by atoms with Crippen molar-refractivity contribution in [2.45, 2.75) is 6.54 Å². The number of methoxy groups -OCH3 is 1. The lowest BCUT2D eigenvalue weighted by atomic mass is 10.2. The number of aromatic nitrogens is 2. The number of hydrogen-bond donors (Lipinski definition) is 1. The van der Waals surface area contributed by atoms with Crippen LogP contribution in [0.5, 0.6) is 5.75 Å². The van der Waals surface area contributed by atoms with Gasteiger partial charge in [0.1, 0.15) is 5.75 Å². The third-order valence-electron chi connectivity index (χ3n) is 2.24. The van der Waals surface area contributed by atoms with Gasteiger partial charge in [-0.15, -0.1) is 0 Å². The maximum atomic E-state index is 5.75. The van der Waals surface area contributed by atoms with Crippen molar-refractivity contribution in [3.63, 3.8) is 0 Å². The number of nitrogens with zero attached hydrogens (tertiary/aromatic N) is 2. The van der Waals surface area contributed by atoms with Gasteiger partial charge in [0.25, 0.3) is 0 Å². The summed E-state index contributed by atoms with van der Waals surface area (Å²) in [6.07, 6.45) is 3.79. The summed E-state index contributed by atoms with van der Waals surface area (Å²) in [6, 6.07) is 5.61. The van der Waals surface area contributed by atoms with E-state index in [9.17, 15) is 0 Å². The van der Waals surface area contributed by atoms with Crippen molar-refractivity contribution in [3.05, 3.63) is 39.7 Å². The highest BCUT2D eigenvalue weighted by molar-refractivity contribution is 14.1. The minimum absolute atomic E-state index is 0.664. The molecule has 1 aromatic heterocycles. The van der Waals surface area contributed by atoms with Crippen molar-refractivity contribution in [2.24, 2.45) is 0 Å². The van der Waals surface area contributed by atoms with Crippen LogP contribution in [-0.4, -0.2) is 16.9 Å². The van der Waals surface area contributed by atoms with E-state index in [4.69, 9.17) is 10.5 Å². The van der Waals surface area contributed by atoms with E-state index in [-0.39, 0.29) is 0 Å². The van der Waals surface area contributed by atoms with Gasteiger partial charge in [0.15, 0.2) is 0 Å². The highest BCUT2D eigenvalue weighted by atomic mass is 127. The summed E-state index contributed by atoms with van der Waals surface area (Å²) in [5.74, 6) is 0.833. The Kier molecular flexibility index (Phi) is 3.33. The lowest BCUT2D eigenvalue weighted by molar-refractivity contribution is 0.407. The first-order chi connectivity index (χ1) is 7.69. The largest absolute Gasteiger partial charge is 0.496 e. The summed E-state index contributed by atoms with van der Waals surface area (Å²) in [4.78, 5) is 0. The van der Waals surface area contributed by atoms with Crippen molar-refractivity contribution in [3.8, 4) is 5.75 Å². The molecular formula is C11H12IN3O. The Labute approximate surface area is 108 Å². The molecule has 1 aromatic carbocycles. The summed E-state index contributed by atoms with van der Waals surface area (Å²) < 4.78 is 8.25. The van der Waals surface area contributed by atoms with Crippen LogP contribution in [0.15, 0.2) is 30.6 Å². The van der Waals surface area contributed by atoms with E-state index in [2.05, 4.69) is 27.7 Å². The average Bonchev–Trinajstić information content (AvgIpc) is 2.64. The minimum Gasteiger partial charge on any atom is -0.496 e. The number of benzene rings is 1. The topological polar surface area (TPSA) is 53.1 Å². The van der Waals surface area contributed by atoms with Crippen molar-refractivity contribution >= 4 is 28.3 Å². The third kappa shape index (κ3) is 2.46. The van der Waals surface area contributed by atoms with Gasteiger partial charge in [0, 0.05) is 17.4 Å². The van der Waals surface area contributed by atoms with E-state index in [1.54, 1.807) is 7.11 Å². The van der Waals surface area contributed by atoms with Gasteiger partial charge in [-0.3, -0.25) is 4.68 Å².